The Labute approximate surface area is 119 Å². The Balaban J connectivity index is 2.36. The van der Waals surface area contributed by atoms with E-state index in [-0.39, 0.29) is 5.56 Å². The maximum Gasteiger partial charge on any atom is 0.495 e. The van der Waals surface area contributed by atoms with Crippen LogP contribution in [0.4, 0.5) is 0 Å². The quantitative estimate of drug-likeness (QED) is 0.838. The van der Waals surface area contributed by atoms with Crippen molar-refractivity contribution in [3.05, 3.63) is 28.2 Å². The highest BCUT2D eigenvalue weighted by molar-refractivity contribution is 6.62. The molecule has 2 rings (SSSR count). The summed E-state index contributed by atoms with van der Waals surface area (Å²) in [5.74, 6) is 0. The Morgan fingerprint density at radius 2 is 1.90 bits per heavy atom. The van der Waals surface area contributed by atoms with Crippen LogP contribution >= 0.6 is 0 Å². The van der Waals surface area contributed by atoms with Crippen molar-refractivity contribution in [2.24, 2.45) is 0 Å². The van der Waals surface area contributed by atoms with Crippen molar-refractivity contribution in [1.82, 2.24) is 4.98 Å². The lowest BCUT2D eigenvalue weighted by molar-refractivity contribution is 0.00578. The van der Waals surface area contributed by atoms with Gasteiger partial charge in [0.25, 0.3) is 0 Å². The number of pyridine rings is 1. The van der Waals surface area contributed by atoms with Crippen LogP contribution in [-0.2, 0) is 15.7 Å². The van der Waals surface area contributed by atoms with Crippen LogP contribution in [0.25, 0.3) is 0 Å². The van der Waals surface area contributed by atoms with E-state index in [1.54, 1.807) is 6.20 Å². The molecule has 0 spiro atoms. The molecule has 1 aliphatic rings. The second kappa shape index (κ2) is 5.08. The Bertz CT molecular complexity index is 585. The Hall–Kier alpha value is -1.58. The topological polar surface area (TPSA) is 75.1 Å². The van der Waals surface area contributed by atoms with Gasteiger partial charge in [-0.2, -0.15) is 5.26 Å². The van der Waals surface area contributed by atoms with Crippen molar-refractivity contribution in [3.63, 3.8) is 0 Å². The molecule has 0 aliphatic carbocycles. The first-order chi connectivity index (χ1) is 9.27. The first-order valence-electron chi connectivity index (χ1n) is 6.71. The van der Waals surface area contributed by atoms with Crippen LogP contribution in [-0.4, -0.2) is 23.3 Å². The second-order valence-corrected chi connectivity index (χ2v) is 6.02. The summed E-state index contributed by atoms with van der Waals surface area (Å²) in [6, 6.07) is 3.60. The predicted octanol–water partition coefficient (Wildman–Crippen LogP) is 1.13. The lowest BCUT2D eigenvalue weighted by Gasteiger charge is -2.32. The molecule has 0 unspecified atom stereocenters. The third-order valence-electron chi connectivity index (χ3n) is 4.06. The number of aryl methyl sites for hydroxylation is 1. The van der Waals surface area contributed by atoms with Crippen LogP contribution < -0.4 is 11.0 Å². The van der Waals surface area contributed by atoms with Crippen molar-refractivity contribution in [1.29, 1.82) is 5.26 Å². The highest BCUT2D eigenvalue weighted by atomic mass is 16.7. The van der Waals surface area contributed by atoms with Crippen molar-refractivity contribution >= 4 is 12.6 Å². The number of nitrogens with one attached hydrogen (secondary N) is 1. The van der Waals surface area contributed by atoms with E-state index in [0.29, 0.717) is 18.3 Å². The third-order valence-corrected chi connectivity index (χ3v) is 4.06. The number of hydrogen-bond donors (Lipinski definition) is 1. The van der Waals surface area contributed by atoms with Crippen molar-refractivity contribution in [2.45, 2.75) is 51.7 Å². The summed E-state index contributed by atoms with van der Waals surface area (Å²) >= 11 is 0. The van der Waals surface area contributed by atoms with Crippen LogP contribution in [0.15, 0.2) is 17.1 Å². The van der Waals surface area contributed by atoms with Gasteiger partial charge in [0.1, 0.15) is 0 Å². The molecule has 0 saturated carbocycles. The van der Waals surface area contributed by atoms with Crippen molar-refractivity contribution in [2.75, 3.05) is 0 Å². The van der Waals surface area contributed by atoms with Gasteiger partial charge in [-0.15, -0.1) is 0 Å². The molecule has 1 N–H and O–H groups in total. The van der Waals surface area contributed by atoms with Crippen molar-refractivity contribution < 1.29 is 9.31 Å². The van der Waals surface area contributed by atoms with Crippen LogP contribution in [0, 0.1) is 11.3 Å². The average molecular weight is 274 g/mol. The highest BCUT2D eigenvalue weighted by Gasteiger charge is 2.52. The highest BCUT2D eigenvalue weighted by Crippen LogP contribution is 2.36. The number of rotatable bonds is 3. The Kier molecular flexibility index (Phi) is 3.76. The summed E-state index contributed by atoms with van der Waals surface area (Å²) < 4.78 is 11.9. The molecule has 20 heavy (non-hydrogen) atoms. The Morgan fingerprint density at radius 3 is 2.45 bits per heavy atom. The van der Waals surface area contributed by atoms with Gasteiger partial charge >= 0.3 is 7.12 Å². The van der Waals surface area contributed by atoms with Gasteiger partial charge in [-0.1, -0.05) is 0 Å². The molecule has 1 aliphatic heterocycles. The number of aromatic amines is 1. The zero-order valence-corrected chi connectivity index (χ0v) is 12.3. The molecular formula is C14H19BN2O3. The molecule has 0 amide bonds. The molecule has 2 heterocycles. The minimum Gasteiger partial charge on any atom is -0.399 e. The number of H-pyrrole nitrogens is 1. The smallest absolute Gasteiger partial charge is 0.399 e. The van der Waals surface area contributed by atoms with Crippen LogP contribution in [0.1, 0.15) is 39.7 Å². The molecule has 0 atom stereocenters. The molecule has 106 valence electrons. The van der Waals surface area contributed by atoms with E-state index in [1.807, 2.05) is 27.7 Å². The predicted molar refractivity (Wildman–Crippen MR) is 76.7 cm³/mol. The van der Waals surface area contributed by atoms with E-state index >= 15 is 0 Å². The maximum absolute atomic E-state index is 11.6. The SMILES string of the molecule is CC1(C)OB(c2cc(=O)[nH]cc2CCC#N)OC1(C)C. The van der Waals surface area contributed by atoms with Crippen molar-refractivity contribution in [3.8, 4) is 6.07 Å². The molecule has 0 bridgehead atoms. The van der Waals surface area contributed by atoms with E-state index < -0.39 is 18.3 Å². The number of hydrogen-bond acceptors (Lipinski definition) is 4. The molecule has 1 aromatic heterocycles. The fourth-order valence-electron chi connectivity index (χ4n) is 2.11. The fraction of sp³-hybridized carbons (Fsp3) is 0.571. The largest absolute Gasteiger partial charge is 0.495 e. The molecule has 0 aromatic carbocycles. The molecule has 1 fully saturated rings. The minimum atomic E-state index is -0.573. The molecular weight excluding hydrogens is 255 g/mol. The number of nitrogens with zero attached hydrogens (tertiary/aromatic N) is 1. The molecule has 1 aromatic rings. The van der Waals surface area contributed by atoms with Crippen LogP contribution in [0.3, 0.4) is 0 Å². The summed E-state index contributed by atoms with van der Waals surface area (Å²) in [7, 11) is -0.573. The normalized spacial score (nSPS) is 19.9. The fourth-order valence-corrected chi connectivity index (χ4v) is 2.11. The standard InChI is InChI=1S/C14H19BN2O3/c1-13(2)14(3,4)20-15(19-13)11-8-12(18)17-9-10(11)6-5-7-16/h8-9H,5-6H2,1-4H3,(H,17,18). The molecule has 6 heteroatoms. The van der Waals surface area contributed by atoms with E-state index in [0.717, 1.165) is 5.56 Å². The first-order valence-corrected chi connectivity index (χ1v) is 6.71. The number of nitriles is 1. The van der Waals surface area contributed by atoms with Gasteiger partial charge in [0, 0.05) is 18.7 Å². The van der Waals surface area contributed by atoms with Gasteiger partial charge in [-0.05, 0) is 45.1 Å². The van der Waals surface area contributed by atoms with E-state index in [2.05, 4.69) is 11.1 Å². The average Bonchev–Trinajstić information content (AvgIpc) is 2.57. The summed E-state index contributed by atoms with van der Waals surface area (Å²) in [6.45, 7) is 7.87. The second-order valence-electron chi connectivity index (χ2n) is 6.02. The summed E-state index contributed by atoms with van der Waals surface area (Å²) in [6.07, 6.45) is 2.59. The number of aromatic nitrogens is 1. The van der Waals surface area contributed by atoms with Gasteiger partial charge in [-0.3, -0.25) is 4.79 Å². The van der Waals surface area contributed by atoms with Gasteiger partial charge in [0.15, 0.2) is 0 Å². The lowest BCUT2D eigenvalue weighted by atomic mass is 9.76. The summed E-state index contributed by atoms with van der Waals surface area (Å²) in [5, 5.41) is 8.72. The van der Waals surface area contributed by atoms with E-state index in [4.69, 9.17) is 14.6 Å². The monoisotopic (exact) mass is 274 g/mol. The third kappa shape index (κ3) is 2.65. The summed E-state index contributed by atoms with van der Waals surface area (Å²) in [4.78, 5) is 14.2. The van der Waals surface area contributed by atoms with Crippen LogP contribution in [0.2, 0.25) is 0 Å². The summed E-state index contributed by atoms with van der Waals surface area (Å²) in [5.41, 5.74) is 0.488. The Morgan fingerprint density at radius 1 is 1.30 bits per heavy atom. The first kappa shape index (κ1) is 14.8. The zero-order valence-electron chi connectivity index (χ0n) is 12.3. The van der Waals surface area contributed by atoms with Gasteiger partial charge in [-0.25, -0.2) is 0 Å². The zero-order chi connectivity index (χ0) is 15.0. The minimum absolute atomic E-state index is 0.199. The van der Waals surface area contributed by atoms with E-state index in [1.165, 1.54) is 6.07 Å². The maximum atomic E-state index is 11.6. The lowest BCUT2D eigenvalue weighted by Crippen LogP contribution is -2.41. The molecule has 0 radical (unpaired) electrons. The van der Waals surface area contributed by atoms with Gasteiger partial charge in [0.2, 0.25) is 5.56 Å². The molecule has 5 nitrogen and oxygen atoms in total. The van der Waals surface area contributed by atoms with Gasteiger partial charge < -0.3 is 14.3 Å². The van der Waals surface area contributed by atoms with Gasteiger partial charge in [0.05, 0.1) is 17.3 Å². The molecule has 1 saturated heterocycles. The van der Waals surface area contributed by atoms with Crippen LogP contribution in [0.5, 0.6) is 0 Å². The van der Waals surface area contributed by atoms with E-state index in [9.17, 15) is 4.79 Å².